The van der Waals surface area contributed by atoms with Crippen molar-refractivity contribution < 1.29 is 4.90 Å². The van der Waals surface area contributed by atoms with Crippen molar-refractivity contribution in [2.24, 2.45) is 0 Å². The van der Waals surface area contributed by atoms with Gasteiger partial charge >= 0.3 is 0 Å². The summed E-state index contributed by atoms with van der Waals surface area (Å²) in [7, 11) is 2.26. The van der Waals surface area contributed by atoms with Gasteiger partial charge in [0, 0.05) is 16.6 Å². The van der Waals surface area contributed by atoms with Crippen LogP contribution in [0.25, 0.3) is 10.9 Å². The third-order valence-electron chi connectivity index (χ3n) is 5.95. The van der Waals surface area contributed by atoms with E-state index in [9.17, 15) is 4.79 Å². The highest BCUT2D eigenvalue weighted by atomic mass is 16.1. The zero-order valence-electron chi connectivity index (χ0n) is 16.1. The quantitative estimate of drug-likeness (QED) is 0.829. The molecule has 3 heteroatoms. The van der Waals surface area contributed by atoms with Crippen LogP contribution in [0.1, 0.15) is 68.7 Å². The molecule has 1 fully saturated rings. The molecule has 3 nitrogen and oxygen atoms in total. The Morgan fingerprint density at radius 3 is 2.68 bits per heavy atom. The van der Waals surface area contributed by atoms with Crippen molar-refractivity contribution >= 4 is 10.9 Å². The molecular formula is C22H33N2O+. The SMILES string of the molecule is CCCCc1ccc2[nH]c(C)c(C[NH+](C)C3CCCCC3)c(=O)c2c1. The van der Waals surface area contributed by atoms with Crippen LogP contribution in [0.2, 0.25) is 0 Å². The number of hydrogen-bond donors (Lipinski definition) is 2. The van der Waals surface area contributed by atoms with E-state index >= 15 is 0 Å². The molecular weight excluding hydrogens is 308 g/mol. The number of nitrogens with one attached hydrogen (secondary N) is 2. The molecule has 0 spiro atoms. The Morgan fingerprint density at radius 2 is 1.96 bits per heavy atom. The van der Waals surface area contributed by atoms with Crippen molar-refractivity contribution in [3.05, 3.63) is 45.2 Å². The van der Waals surface area contributed by atoms with Crippen LogP contribution >= 0.6 is 0 Å². The molecule has 0 radical (unpaired) electrons. The molecule has 1 aromatic heterocycles. The second-order valence-corrected chi connectivity index (χ2v) is 7.90. The third kappa shape index (κ3) is 4.14. The Labute approximate surface area is 151 Å². The summed E-state index contributed by atoms with van der Waals surface area (Å²) < 4.78 is 0. The van der Waals surface area contributed by atoms with Gasteiger partial charge in [0.25, 0.3) is 0 Å². The third-order valence-corrected chi connectivity index (χ3v) is 5.95. The van der Waals surface area contributed by atoms with Crippen molar-refractivity contribution in [2.45, 2.75) is 77.8 Å². The van der Waals surface area contributed by atoms with Gasteiger partial charge in [-0.3, -0.25) is 4.79 Å². The molecule has 2 aromatic rings. The number of H-pyrrole nitrogens is 1. The van der Waals surface area contributed by atoms with E-state index in [4.69, 9.17) is 0 Å². The van der Waals surface area contributed by atoms with Crippen molar-refractivity contribution in [1.29, 1.82) is 0 Å². The molecule has 0 aliphatic heterocycles. The van der Waals surface area contributed by atoms with E-state index in [1.165, 1.54) is 55.4 Å². The van der Waals surface area contributed by atoms with E-state index in [1.807, 2.05) is 0 Å². The van der Waals surface area contributed by atoms with Gasteiger partial charge in [0.1, 0.15) is 6.54 Å². The van der Waals surface area contributed by atoms with Gasteiger partial charge < -0.3 is 9.88 Å². The number of fused-ring (bicyclic) bond motifs is 1. The van der Waals surface area contributed by atoms with E-state index in [2.05, 4.69) is 44.1 Å². The van der Waals surface area contributed by atoms with Crippen molar-refractivity contribution in [3.63, 3.8) is 0 Å². The van der Waals surface area contributed by atoms with E-state index in [1.54, 1.807) is 0 Å². The van der Waals surface area contributed by atoms with E-state index < -0.39 is 0 Å². The maximum Gasteiger partial charge on any atom is 0.198 e. The van der Waals surface area contributed by atoms with Crippen LogP contribution in [0, 0.1) is 6.92 Å². The van der Waals surface area contributed by atoms with Crippen LogP contribution in [0.15, 0.2) is 23.0 Å². The lowest BCUT2D eigenvalue weighted by Gasteiger charge is -2.28. The molecule has 1 aliphatic carbocycles. The minimum absolute atomic E-state index is 0.236. The van der Waals surface area contributed by atoms with Gasteiger partial charge in [-0.05, 0) is 63.1 Å². The zero-order valence-corrected chi connectivity index (χ0v) is 16.1. The molecule has 2 N–H and O–H groups in total. The number of rotatable bonds is 6. The maximum absolute atomic E-state index is 13.2. The molecule has 1 aromatic carbocycles. The first-order valence-corrected chi connectivity index (χ1v) is 10.1. The molecule has 3 rings (SSSR count). The Bertz CT molecular complexity index is 771. The second kappa shape index (κ2) is 8.18. The van der Waals surface area contributed by atoms with Crippen LogP contribution in [0.3, 0.4) is 0 Å². The summed E-state index contributed by atoms with van der Waals surface area (Å²) in [5.74, 6) is 0. The molecule has 136 valence electrons. The van der Waals surface area contributed by atoms with Crippen LogP contribution < -0.4 is 10.3 Å². The van der Waals surface area contributed by atoms with Crippen molar-refractivity contribution in [1.82, 2.24) is 4.98 Å². The van der Waals surface area contributed by atoms with Gasteiger partial charge in [-0.15, -0.1) is 0 Å². The summed E-state index contributed by atoms with van der Waals surface area (Å²) in [5, 5.41) is 0.866. The Kier molecular flexibility index (Phi) is 5.95. The number of aromatic nitrogens is 1. The lowest BCUT2D eigenvalue weighted by Crippen LogP contribution is -3.12. The van der Waals surface area contributed by atoms with Crippen LogP contribution in [0.5, 0.6) is 0 Å². The molecule has 0 amide bonds. The zero-order chi connectivity index (χ0) is 17.8. The highest BCUT2D eigenvalue weighted by Gasteiger charge is 2.23. The van der Waals surface area contributed by atoms with E-state index in [0.717, 1.165) is 35.1 Å². The first-order valence-electron chi connectivity index (χ1n) is 10.1. The minimum atomic E-state index is 0.236. The number of hydrogen-bond acceptors (Lipinski definition) is 1. The minimum Gasteiger partial charge on any atom is -0.358 e. The molecule has 1 unspecified atom stereocenters. The number of pyridine rings is 1. The van der Waals surface area contributed by atoms with E-state index in [-0.39, 0.29) is 5.43 Å². The number of quaternary nitrogens is 1. The monoisotopic (exact) mass is 341 g/mol. The van der Waals surface area contributed by atoms with Gasteiger partial charge in [-0.1, -0.05) is 25.8 Å². The number of aromatic amines is 1. The normalized spacial score (nSPS) is 17.1. The Hall–Kier alpha value is -1.61. The smallest absolute Gasteiger partial charge is 0.198 e. The van der Waals surface area contributed by atoms with Crippen molar-refractivity contribution in [3.8, 4) is 0 Å². The summed E-state index contributed by atoms with van der Waals surface area (Å²) in [5.41, 5.74) is 4.50. The van der Waals surface area contributed by atoms with Gasteiger partial charge in [-0.2, -0.15) is 0 Å². The molecule has 0 bridgehead atoms. The van der Waals surface area contributed by atoms with Crippen LogP contribution in [-0.2, 0) is 13.0 Å². The number of unbranched alkanes of at least 4 members (excludes halogenated alkanes) is 1. The summed E-state index contributed by atoms with van der Waals surface area (Å²) in [6.45, 7) is 5.09. The van der Waals surface area contributed by atoms with Crippen LogP contribution in [-0.4, -0.2) is 18.1 Å². The van der Waals surface area contributed by atoms with E-state index in [0.29, 0.717) is 6.04 Å². The fourth-order valence-corrected chi connectivity index (χ4v) is 4.27. The average molecular weight is 342 g/mol. The second-order valence-electron chi connectivity index (χ2n) is 7.90. The number of benzene rings is 1. The fraction of sp³-hybridized carbons (Fsp3) is 0.591. The molecule has 1 heterocycles. The standard InChI is InChI=1S/C22H32N2O/c1-4-5-9-17-12-13-21-19(14-17)22(25)20(16(2)23-21)15-24(3)18-10-7-6-8-11-18/h12-14,18H,4-11,15H2,1-3H3,(H,23,25)/p+1. The predicted octanol–water partition coefficient (Wildman–Crippen LogP) is 3.53. The highest BCUT2D eigenvalue weighted by molar-refractivity contribution is 5.80. The molecule has 1 atom stereocenters. The lowest BCUT2D eigenvalue weighted by atomic mass is 9.94. The topological polar surface area (TPSA) is 37.3 Å². The van der Waals surface area contributed by atoms with Crippen LogP contribution in [0.4, 0.5) is 0 Å². The predicted molar refractivity (Wildman–Crippen MR) is 105 cm³/mol. The summed E-state index contributed by atoms with van der Waals surface area (Å²) in [6, 6.07) is 7.06. The fourth-order valence-electron chi connectivity index (χ4n) is 4.27. The average Bonchev–Trinajstić information content (AvgIpc) is 2.64. The first-order chi connectivity index (χ1) is 12.1. The van der Waals surface area contributed by atoms with Gasteiger partial charge in [0.15, 0.2) is 5.43 Å². The number of aryl methyl sites for hydroxylation is 2. The molecule has 1 aliphatic rings. The summed E-state index contributed by atoms with van der Waals surface area (Å²) >= 11 is 0. The van der Waals surface area contributed by atoms with Gasteiger partial charge in [0.05, 0.1) is 18.7 Å². The Morgan fingerprint density at radius 1 is 1.20 bits per heavy atom. The van der Waals surface area contributed by atoms with Crippen molar-refractivity contribution in [2.75, 3.05) is 7.05 Å². The molecule has 1 saturated carbocycles. The summed E-state index contributed by atoms with van der Waals surface area (Å²) in [4.78, 5) is 18.1. The largest absolute Gasteiger partial charge is 0.358 e. The lowest BCUT2D eigenvalue weighted by molar-refractivity contribution is -0.921. The van der Waals surface area contributed by atoms with Gasteiger partial charge in [0.2, 0.25) is 0 Å². The highest BCUT2D eigenvalue weighted by Crippen LogP contribution is 2.17. The summed E-state index contributed by atoms with van der Waals surface area (Å²) in [6.07, 6.45) is 10.1. The first kappa shape index (κ1) is 18.2. The maximum atomic E-state index is 13.2. The molecule has 25 heavy (non-hydrogen) atoms. The molecule has 0 saturated heterocycles. The Balaban J connectivity index is 1.89. The van der Waals surface area contributed by atoms with Gasteiger partial charge in [-0.25, -0.2) is 0 Å².